The maximum absolute atomic E-state index is 13.3. The molecule has 2 nitrogen and oxygen atoms in total. The minimum atomic E-state index is -0.0346. The van der Waals surface area contributed by atoms with E-state index in [0.717, 1.165) is 24.1 Å². The first-order valence-corrected chi connectivity index (χ1v) is 13.3. The summed E-state index contributed by atoms with van der Waals surface area (Å²) in [5.41, 5.74) is 5.39. The van der Waals surface area contributed by atoms with Gasteiger partial charge in [0.2, 0.25) is 0 Å². The minimum Gasteiger partial charge on any atom is -0.368 e. The van der Waals surface area contributed by atoms with E-state index < -0.39 is 0 Å². The number of thiophene rings is 1. The third-order valence-electron chi connectivity index (χ3n) is 7.03. The summed E-state index contributed by atoms with van der Waals surface area (Å²) in [4.78, 5) is 14.2. The first kappa shape index (κ1) is 22.5. The van der Waals surface area contributed by atoms with Gasteiger partial charge in [0, 0.05) is 23.0 Å². The first-order chi connectivity index (χ1) is 17.8. The number of hydrogen-bond donors (Lipinski definition) is 1. The molecule has 176 valence electrons. The van der Waals surface area contributed by atoms with Gasteiger partial charge in [0.1, 0.15) is 0 Å². The molecule has 0 amide bonds. The SMILES string of the molecule is C1=CC=CNC=C1.O=C(c1cc2ccccc2s1)C1C=c2c(ccc3c2=CCc2ccccc2-3)CC1. The monoisotopic (exact) mass is 485 g/mol. The highest BCUT2D eigenvalue weighted by Crippen LogP contribution is 2.30. The molecule has 7 rings (SSSR count). The Bertz CT molecular complexity index is 1620. The molecule has 4 aromatic rings. The molecule has 2 heterocycles. The van der Waals surface area contributed by atoms with E-state index in [9.17, 15) is 4.79 Å². The molecule has 0 spiro atoms. The van der Waals surface area contributed by atoms with Crippen molar-refractivity contribution in [3.05, 3.63) is 130 Å². The van der Waals surface area contributed by atoms with Gasteiger partial charge in [0.25, 0.3) is 0 Å². The summed E-state index contributed by atoms with van der Waals surface area (Å²) in [6, 6.07) is 23.5. The van der Waals surface area contributed by atoms with Crippen LogP contribution < -0.4 is 15.8 Å². The highest BCUT2D eigenvalue weighted by atomic mass is 32.1. The summed E-state index contributed by atoms with van der Waals surface area (Å²) >= 11 is 1.62. The molecule has 0 fully saturated rings. The summed E-state index contributed by atoms with van der Waals surface area (Å²) < 4.78 is 1.19. The van der Waals surface area contributed by atoms with E-state index in [2.05, 4.69) is 72.1 Å². The third kappa shape index (κ3) is 4.38. The average Bonchev–Trinajstić information content (AvgIpc) is 3.14. The van der Waals surface area contributed by atoms with Crippen LogP contribution in [0.5, 0.6) is 0 Å². The molecule has 1 atom stereocenters. The number of nitrogens with one attached hydrogen (secondary N) is 1. The number of rotatable bonds is 2. The fourth-order valence-electron chi connectivity index (χ4n) is 5.22. The van der Waals surface area contributed by atoms with Crippen molar-refractivity contribution in [1.82, 2.24) is 5.32 Å². The standard InChI is InChI=1S/C27H20OS.C6H7N/c28-27(26-16-19-6-2-4-8-25(19)29-26)20-10-9-18-12-13-22-21-7-3-1-5-17(21)11-14-23(22)24(18)15-20;1-2-4-6-7-5-3-1/h1-8,12-16,20H,9-11H2;1-7H. The second kappa shape index (κ2) is 9.96. The lowest BCUT2D eigenvalue weighted by Crippen LogP contribution is -2.36. The molecule has 3 aliphatic rings. The highest BCUT2D eigenvalue weighted by Gasteiger charge is 2.24. The second-order valence-electron chi connectivity index (χ2n) is 9.26. The normalized spacial score (nSPS) is 16.7. The summed E-state index contributed by atoms with van der Waals surface area (Å²) in [5.74, 6) is 0.235. The van der Waals surface area contributed by atoms with Crippen LogP contribution in [0, 0.1) is 5.92 Å². The van der Waals surface area contributed by atoms with Gasteiger partial charge >= 0.3 is 0 Å². The molecule has 1 aromatic heterocycles. The minimum absolute atomic E-state index is 0.0346. The smallest absolute Gasteiger partial charge is 0.179 e. The van der Waals surface area contributed by atoms with Gasteiger partial charge < -0.3 is 5.32 Å². The van der Waals surface area contributed by atoms with Crippen LogP contribution in [0.3, 0.4) is 0 Å². The van der Waals surface area contributed by atoms with Crippen LogP contribution in [0.2, 0.25) is 0 Å². The Morgan fingerprint density at radius 3 is 2.47 bits per heavy atom. The van der Waals surface area contributed by atoms with Crippen LogP contribution in [0.4, 0.5) is 0 Å². The van der Waals surface area contributed by atoms with Gasteiger partial charge in [0.15, 0.2) is 5.78 Å². The third-order valence-corrected chi connectivity index (χ3v) is 8.16. The Hall–Kier alpha value is -3.95. The van der Waals surface area contributed by atoms with Crippen molar-refractivity contribution in [1.29, 1.82) is 0 Å². The molecule has 1 aliphatic heterocycles. The fraction of sp³-hybridized carbons (Fsp3) is 0.121. The fourth-order valence-corrected chi connectivity index (χ4v) is 6.28. The molecule has 0 saturated heterocycles. The van der Waals surface area contributed by atoms with Crippen LogP contribution in [0.1, 0.15) is 27.2 Å². The van der Waals surface area contributed by atoms with Crippen LogP contribution in [-0.2, 0) is 12.8 Å². The van der Waals surface area contributed by atoms with E-state index in [4.69, 9.17) is 0 Å². The van der Waals surface area contributed by atoms with Crippen molar-refractivity contribution in [2.75, 3.05) is 0 Å². The Balaban J connectivity index is 0.000000299. The second-order valence-corrected chi connectivity index (χ2v) is 10.3. The topological polar surface area (TPSA) is 29.1 Å². The molecule has 3 heteroatoms. The lowest BCUT2D eigenvalue weighted by Gasteiger charge is -2.21. The summed E-state index contributed by atoms with van der Waals surface area (Å²) in [6.07, 6.45) is 19.0. The van der Waals surface area contributed by atoms with Gasteiger partial charge in [-0.1, -0.05) is 78.9 Å². The number of fused-ring (bicyclic) bond motifs is 6. The molecular weight excluding hydrogens is 458 g/mol. The van der Waals surface area contributed by atoms with E-state index in [1.165, 1.54) is 42.8 Å². The maximum atomic E-state index is 13.3. The summed E-state index contributed by atoms with van der Waals surface area (Å²) in [5, 5.41) is 6.68. The molecule has 36 heavy (non-hydrogen) atoms. The van der Waals surface area contributed by atoms with E-state index in [-0.39, 0.29) is 11.7 Å². The van der Waals surface area contributed by atoms with Gasteiger partial charge in [-0.15, -0.1) is 11.3 Å². The lowest BCUT2D eigenvalue weighted by molar-refractivity contribution is 0.0951. The van der Waals surface area contributed by atoms with Crippen LogP contribution >= 0.6 is 11.3 Å². The number of hydrogen-bond acceptors (Lipinski definition) is 3. The number of carbonyl (C=O) groups is 1. The highest BCUT2D eigenvalue weighted by molar-refractivity contribution is 7.20. The predicted molar refractivity (Wildman–Crippen MR) is 152 cm³/mol. The van der Waals surface area contributed by atoms with Crippen LogP contribution in [-0.4, -0.2) is 5.78 Å². The van der Waals surface area contributed by atoms with Gasteiger partial charge in [-0.2, -0.15) is 0 Å². The zero-order valence-electron chi connectivity index (χ0n) is 20.0. The zero-order chi connectivity index (χ0) is 24.3. The number of Topliss-reactive ketones (excluding diaryl/α,β-unsaturated/α-hetero) is 1. The van der Waals surface area contributed by atoms with Crippen molar-refractivity contribution in [2.24, 2.45) is 5.92 Å². The van der Waals surface area contributed by atoms with E-state index in [0.29, 0.717) is 0 Å². The van der Waals surface area contributed by atoms with Crippen molar-refractivity contribution in [3.8, 4) is 11.1 Å². The average molecular weight is 486 g/mol. The van der Waals surface area contributed by atoms with Gasteiger partial charge in [-0.05, 0) is 81.6 Å². The van der Waals surface area contributed by atoms with Gasteiger partial charge in [0.05, 0.1) is 4.88 Å². The molecule has 3 aromatic carbocycles. The number of ketones is 1. The summed E-state index contributed by atoms with van der Waals surface area (Å²) in [6.45, 7) is 0. The molecule has 1 unspecified atom stereocenters. The van der Waals surface area contributed by atoms with Crippen molar-refractivity contribution >= 4 is 39.4 Å². The van der Waals surface area contributed by atoms with Crippen molar-refractivity contribution < 1.29 is 4.79 Å². The Morgan fingerprint density at radius 1 is 0.806 bits per heavy atom. The molecule has 1 N–H and O–H groups in total. The van der Waals surface area contributed by atoms with Gasteiger partial charge in [-0.25, -0.2) is 0 Å². The van der Waals surface area contributed by atoms with Crippen molar-refractivity contribution in [3.63, 3.8) is 0 Å². The molecule has 0 saturated carbocycles. The predicted octanol–water partition coefficient (Wildman–Crippen LogP) is 6.30. The Morgan fingerprint density at radius 2 is 1.61 bits per heavy atom. The lowest BCUT2D eigenvalue weighted by atomic mass is 9.83. The van der Waals surface area contributed by atoms with Crippen LogP contribution in [0.25, 0.3) is 33.4 Å². The first-order valence-electron chi connectivity index (χ1n) is 12.5. The summed E-state index contributed by atoms with van der Waals surface area (Å²) in [7, 11) is 0. The van der Waals surface area contributed by atoms with E-state index >= 15 is 0 Å². The van der Waals surface area contributed by atoms with Crippen molar-refractivity contribution in [2.45, 2.75) is 19.3 Å². The number of carbonyl (C=O) groups excluding carboxylic acids is 1. The van der Waals surface area contributed by atoms with E-state index in [1.54, 1.807) is 11.3 Å². The maximum Gasteiger partial charge on any atom is 0.179 e. The Labute approximate surface area is 215 Å². The molecule has 2 aliphatic carbocycles. The number of benzene rings is 3. The quantitative estimate of drug-likeness (QED) is 0.338. The largest absolute Gasteiger partial charge is 0.368 e. The van der Waals surface area contributed by atoms with Crippen LogP contribution in [0.15, 0.2) is 103 Å². The van der Waals surface area contributed by atoms with Gasteiger partial charge in [-0.3, -0.25) is 4.79 Å². The zero-order valence-corrected chi connectivity index (χ0v) is 20.8. The Kier molecular flexibility index (Phi) is 6.23. The number of aryl methyl sites for hydroxylation is 1. The molecular formula is C33H27NOS. The molecule has 0 bridgehead atoms. The number of allylic oxidation sites excluding steroid dienone is 4. The van der Waals surface area contributed by atoms with E-state index in [1.807, 2.05) is 48.8 Å². The molecule has 0 radical (unpaired) electrons.